The van der Waals surface area contributed by atoms with Gasteiger partial charge in [0.15, 0.2) is 0 Å². The third kappa shape index (κ3) is 2.69. The fraction of sp³-hybridized carbons (Fsp3) is 0.900. The topological polar surface area (TPSA) is 98.5 Å². The SMILES string of the molecule is [N-]=[N+]=NCC(=O)N1CCC2(CC(O)CCO2)C1. The van der Waals surface area contributed by atoms with Gasteiger partial charge in [-0.3, -0.25) is 4.79 Å². The third-order valence-electron chi connectivity index (χ3n) is 3.41. The molecule has 0 saturated carbocycles. The Hall–Kier alpha value is -1.30. The summed E-state index contributed by atoms with van der Waals surface area (Å²) < 4.78 is 5.72. The molecule has 2 saturated heterocycles. The first-order valence-electron chi connectivity index (χ1n) is 5.76. The average Bonchev–Trinajstić information content (AvgIpc) is 2.69. The van der Waals surface area contributed by atoms with E-state index in [1.807, 2.05) is 0 Å². The molecule has 2 rings (SSSR count). The minimum Gasteiger partial charge on any atom is -0.393 e. The lowest BCUT2D eigenvalue weighted by molar-refractivity contribution is -0.134. The second-order valence-corrected chi connectivity index (χ2v) is 4.63. The molecule has 2 aliphatic heterocycles. The summed E-state index contributed by atoms with van der Waals surface area (Å²) in [7, 11) is 0. The smallest absolute Gasteiger partial charge is 0.228 e. The van der Waals surface area contributed by atoms with Gasteiger partial charge in [-0.1, -0.05) is 5.11 Å². The first-order chi connectivity index (χ1) is 8.15. The number of aliphatic hydroxyl groups excluding tert-OH is 1. The number of amides is 1. The molecule has 17 heavy (non-hydrogen) atoms. The summed E-state index contributed by atoms with van der Waals surface area (Å²) in [6, 6.07) is 0. The fourth-order valence-corrected chi connectivity index (χ4v) is 2.54. The molecule has 0 aliphatic carbocycles. The second kappa shape index (κ2) is 4.91. The predicted octanol–water partition coefficient (Wildman–Crippen LogP) is 0.439. The zero-order chi connectivity index (χ0) is 12.3. The molecule has 7 heteroatoms. The van der Waals surface area contributed by atoms with Gasteiger partial charge in [0.2, 0.25) is 5.91 Å². The second-order valence-electron chi connectivity index (χ2n) is 4.63. The molecule has 2 fully saturated rings. The number of carbonyl (C=O) groups is 1. The van der Waals surface area contributed by atoms with Crippen LogP contribution in [0.5, 0.6) is 0 Å². The monoisotopic (exact) mass is 240 g/mol. The molecule has 2 heterocycles. The maximum absolute atomic E-state index is 11.7. The van der Waals surface area contributed by atoms with Gasteiger partial charge in [0.25, 0.3) is 0 Å². The minimum atomic E-state index is -0.385. The van der Waals surface area contributed by atoms with E-state index < -0.39 is 0 Å². The molecule has 0 bridgehead atoms. The molecular weight excluding hydrogens is 224 g/mol. The molecule has 0 aromatic heterocycles. The Morgan fingerprint density at radius 3 is 3.24 bits per heavy atom. The van der Waals surface area contributed by atoms with Crippen LogP contribution in [0.15, 0.2) is 5.11 Å². The van der Waals surface area contributed by atoms with Crippen molar-refractivity contribution in [3.8, 4) is 0 Å². The molecule has 94 valence electrons. The summed E-state index contributed by atoms with van der Waals surface area (Å²) in [5, 5.41) is 12.9. The van der Waals surface area contributed by atoms with Crippen LogP contribution in [0, 0.1) is 0 Å². The molecule has 1 amide bonds. The number of likely N-dealkylation sites (tertiary alicyclic amines) is 1. The molecule has 0 aromatic rings. The van der Waals surface area contributed by atoms with Crippen molar-refractivity contribution in [3.05, 3.63) is 10.4 Å². The highest BCUT2D eigenvalue weighted by atomic mass is 16.5. The van der Waals surface area contributed by atoms with Crippen LogP contribution in [-0.4, -0.2) is 53.9 Å². The highest BCUT2D eigenvalue weighted by molar-refractivity contribution is 5.78. The maximum Gasteiger partial charge on any atom is 0.228 e. The van der Waals surface area contributed by atoms with Gasteiger partial charge < -0.3 is 14.7 Å². The number of rotatable bonds is 2. The largest absolute Gasteiger partial charge is 0.393 e. The van der Waals surface area contributed by atoms with E-state index in [1.54, 1.807) is 4.90 Å². The summed E-state index contributed by atoms with van der Waals surface area (Å²) in [5.41, 5.74) is 7.78. The van der Waals surface area contributed by atoms with Crippen molar-refractivity contribution in [1.82, 2.24) is 4.90 Å². The lowest BCUT2D eigenvalue weighted by atomic mass is 9.91. The Balaban J connectivity index is 1.94. The van der Waals surface area contributed by atoms with Crippen LogP contribution in [0.2, 0.25) is 0 Å². The Morgan fingerprint density at radius 1 is 1.71 bits per heavy atom. The summed E-state index contributed by atoms with van der Waals surface area (Å²) in [6.45, 7) is 1.49. The lowest BCUT2D eigenvalue weighted by Gasteiger charge is -2.36. The molecule has 1 N–H and O–H groups in total. The maximum atomic E-state index is 11.7. The molecule has 2 atom stereocenters. The van der Waals surface area contributed by atoms with E-state index in [9.17, 15) is 9.90 Å². The van der Waals surface area contributed by atoms with Gasteiger partial charge in [-0.05, 0) is 18.4 Å². The molecule has 0 aromatic carbocycles. The van der Waals surface area contributed by atoms with Crippen LogP contribution in [-0.2, 0) is 9.53 Å². The highest BCUT2D eigenvalue weighted by Gasteiger charge is 2.44. The van der Waals surface area contributed by atoms with Crippen molar-refractivity contribution in [1.29, 1.82) is 0 Å². The first-order valence-corrected chi connectivity index (χ1v) is 5.76. The highest BCUT2D eigenvalue weighted by Crippen LogP contribution is 2.34. The number of azide groups is 1. The summed E-state index contributed by atoms with van der Waals surface area (Å²) in [4.78, 5) is 15.9. The molecule has 2 unspecified atom stereocenters. The van der Waals surface area contributed by atoms with Crippen LogP contribution in [0.25, 0.3) is 10.4 Å². The number of hydrogen-bond acceptors (Lipinski definition) is 4. The molecule has 2 aliphatic rings. The zero-order valence-electron chi connectivity index (χ0n) is 9.58. The standard InChI is InChI=1S/C10H16N4O3/c11-13-12-6-9(16)14-3-2-10(7-14)5-8(15)1-4-17-10/h8,15H,1-7H2. The van der Waals surface area contributed by atoms with E-state index in [0.29, 0.717) is 32.5 Å². The molecule has 7 nitrogen and oxygen atoms in total. The summed E-state index contributed by atoms with van der Waals surface area (Å²) in [5.74, 6) is -0.177. The van der Waals surface area contributed by atoms with E-state index in [1.165, 1.54) is 0 Å². The van der Waals surface area contributed by atoms with Gasteiger partial charge in [0.1, 0.15) is 6.54 Å². The Kier molecular flexibility index (Phi) is 3.51. The van der Waals surface area contributed by atoms with Gasteiger partial charge in [-0.25, -0.2) is 0 Å². The molecule has 0 radical (unpaired) electrons. The van der Waals surface area contributed by atoms with E-state index in [0.717, 1.165) is 6.42 Å². The molecule has 1 spiro atoms. The number of aliphatic hydroxyl groups is 1. The lowest BCUT2D eigenvalue weighted by Crippen LogP contribution is -2.45. The van der Waals surface area contributed by atoms with Crippen LogP contribution >= 0.6 is 0 Å². The van der Waals surface area contributed by atoms with Gasteiger partial charge in [-0.15, -0.1) is 0 Å². The Labute approximate surface area is 99.0 Å². The number of carbonyl (C=O) groups excluding carboxylic acids is 1. The summed E-state index contributed by atoms with van der Waals surface area (Å²) in [6.07, 6.45) is 1.65. The van der Waals surface area contributed by atoms with Gasteiger partial charge in [0.05, 0.1) is 11.7 Å². The Morgan fingerprint density at radius 2 is 2.53 bits per heavy atom. The first kappa shape index (κ1) is 12.2. The van der Waals surface area contributed by atoms with Crippen molar-refractivity contribution < 1.29 is 14.6 Å². The van der Waals surface area contributed by atoms with Crippen LogP contribution in [0.1, 0.15) is 19.3 Å². The fourth-order valence-electron chi connectivity index (χ4n) is 2.54. The van der Waals surface area contributed by atoms with E-state index >= 15 is 0 Å². The number of hydrogen-bond donors (Lipinski definition) is 1. The van der Waals surface area contributed by atoms with E-state index in [4.69, 9.17) is 10.3 Å². The minimum absolute atomic E-state index is 0.144. The van der Waals surface area contributed by atoms with E-state index in [2.05, 4.69) is 10.0 Å². The third-order valence-corrected chi connectivity index (χ3v) is 3.41. The van der Waals surface area contributed by atoms with Crippen molar-refractivity contribution in [2.45, 2.75) is 31.0 Å². The van der Waals surface area contributed by atoms with Gasteiger partial charge >= 0.3 is 0 Å². The van der Waals surface area contributed by atoms with Gasteiger partial charge in [0, 0.05) is 31.0 Å². The normalized spacial score (nSPS) is 32.5. The van der Waals surface area contributed by atoms with Crippen molar-refractivity contribution >= 4 is 5.91 Å². The summed E-state index contributed by atoms with van der Waals surface area (Å²) >= 11 is 0. The Bertz CT molecular complexity index is 355. The average molecular weight is 240 g/mol. The van der Waals surface area contributed by atoms with Crippen molar-refractivity contribution in [2.75, 3.05) is 26.2 Å². The van der Waals surface area contributed by atoms with Crippen LogP contribution < -0.4 is 0 Å². The number of ether oxygens (including phenoxy) is 1. The van der Waals surface area contributed by atoms with Crippen LogP contribution in [0.3, 0.4) is 0 Å². The van der Waals surface area contributed by atoms with Crippen LogP contribution in [0.4, 0.5) is 0 Å². The quantitative estimate of drug-likeness (QED) is 0.430. The zero-order valence-corrected chi connectivity index (χ0v) is 9.58. The molecular formula is C10H16N4O3. The van der Waals surface area contributed by atoms with Crippen molar-refractivity contribution in [2.24, 2.45) is 5.11 Å². The van der Waals surface area contributed by atoms with Gasteiger partial charge in [-0.2, -0.15) is 0 Å². The predicted molar refractivity (Wildman–Crippen MR) is 59.1 cm³/mol. The van der Waals surface area contributed by atoms with E-state index in [-0.39, 0.29) is 24.2 Å². The number of nitrogens with zero attached hydrogens (tertiary/aromatic N) is 4. The van der Waals surface area contributed by atoms with Crippen molar-refractivity contribution in [3.63, 3.8) is 0 Å².